The van der Waals surface area contributed by atoms with Gasteiger partial charge in [-0.3, -0.25) is 0 Å². The van der Waals surface area contributed by atoms with Gasteiger partial charge in [0.2, 0.25) is 0 Å². The lowest BCUT2D eigenvalue weighted by Crippen LogP contribution is -2.00. The van der Waals surface area contributed by atoms with Crippen LogP contribution in [0.5, 0.6) is 0 Å². The molecule has 1 nitrogen and oxygen atoms in total. The minimum atomic E-state index is 0.741. The molecule has 0 saturated carbocycles. The first-order chi connectivity index (χ1) is 10.8. The Labute approximate surface area is 135 Å². The maximum atomic E-state index is 6.21. The first kappa shape index (κ1) is 13.4. The lowest BCUT2D eigenvalue weighted by atomic mass is 10.1. The molecule has 22 heavy (non-hydrogen) atoms. The number of halogens is 1. The highest BCUT2D eigenvalue weighted by molar-refractivity contribution is 6.31. The lowest BCUT2D eigenvalue weighted by Gasteiger charge is -2.10. The van der Waals surface area contributed by atoms with Crippen molar-refractivity contribution in [1.82, 2.24) is 0 Å². The molecule has 0 fully saturated rings. The van der Waals surface area contributed by atoms with Crippen molar-refractivity contribution in [1.29, 1.82) is 0 Å². The van der Waals surface area contributed by atoms with Gasteiger partial charge in [0, 0.05) is 17.3 Å². The largest absolute Gasteiger partial charge is 0.381 e. The normalized spacial score (nSPS) is 11.9. The monoisotopic (exact) mass is 305 g/mol. The molecule has 0 amide bonds. The van der Waals surface area contributed by atoms with E-state index >= 15 is 0 Å². The predicted molar refractivity (Wildman–Crippen MR) is 93.5 cm³/mol. The van der Waals surface area contributed by atoms with Crippen LogP contribution in [0.1, 0.15) is 16.7 Å². The van der Waals surface area contributed by atoms with Crippen molar-refractivity contribution in [2.45, 2.75) is 13.0 Å². The van der Waals surface area contributed by atoms with Crippen LogP contribution in [0.3, 0.4) is 0 Å². The van der Waals surface area contributed by atoms with E-state index in [0.717, 1.165) is 29.2 Å². The number of hydrogen-bond donors (Lipinski definition) is 1. The fourth-order valence-electron chi connectivity index (χ4n) is 3.09. The second-order valence-electron chi connectivity index (χ2n) is 5.65. The fourth-order valence-corrected chi connectivity index (χ4v) is 3.30. The minimum Gasteiger partial charge on any atom is -0.381 e. The molecule has 3 aromatic carbocycles. The summed E-state index contributed by atoms with van der Waals surface area (Å²) in [5, 5.41) is 4.28. The Bertz CT molecular complexity index is 839. The van der Waals surface area contributed by atoms with Crippen LogP contribution in [0.15, 0.2) is 66.7 Å². The third-order valence-corrected chi connectivity index (χ3v) is 4.60. The zero-order valence-electron chi connectivity index (χ0n) is 12.1. The van der Waals surface area contributed by atoms with E-state index in [1.54, 1.807) is 0 Å². The summed E-state index contributed by atoms with van der Waals surface area (Å²) in [7, 11) is 0. The van der Waals surface area contributed by atoms with E-state index in [1.165, 1.54) is 22.3 Å². The maximum absolute atomic E-state index is 6.21. The van der Waals surface area contributed by atoms with Gasteiger partial charge in [0.05, 0.1) is 0 Å². The van der Waals surface area contributed by atoms with E-state index in [1.807, 2.05) is 18.2 Å². The molecule has 0 saturated heterocycles. The molecule has 0 radical (unpaired) electrons. The van der Waals surface area contributed by atoms with Crippen LogP contribution in [0.2, 0.25) is 5.02 Å². The number of fused-ring (bicyclic) bond motifs is 3. The Morgan fingerprint density at radius 2 is 1.59 bits per heavy atom. The van der Waals surface area contributed by atoms with Crippen molar-refractivity contribution >= 4 is 17.3 Å². The standard InChI is InChI=1S/C20H16ClN/c21-20-8-4-2-6-15(20)13-22-17-9-10-19-16(12-17)11-14-5-1-3-7-18(14)19/h1-10,12,22H,11,13H2. The highest BCUT2D eigenvalue weighted by Gasteiger charge is 2.17. The summed E-state index contributed by atoms with van der Waals surface area (Å²) < 4.78 is 0. The van der Waals surface area contributed by atoms with Gasteiger partial charge in [0.1, 0.15) is 0 Å². The summed E-state index contributed by atoms with van der Waals surface area (Å²) in [5.74, 6) is 0. The van der Waals surface area contributed by atoms with Crippen LogP contribution in [0.4, 0.5) is 5.69 Å². The van der Waals surface area contributed by atoms with E-state index in [-0.39, 0.29) is 0 Å². The smallest absolute Gasteiger partial charge is 0.0455 e. The zero-order chi connectivity index (χ0) is 14.9. The van der Waals surface area contributed by atoms with Gasteiger partial charge >= 0.3 is 0 Å². The minimum absolute atomic E-state index is 0.741. The molecule has 1 aliphatic rings. The molecule has 108 valence electrons. The summed E-state index contributed by atoms with van der Waals surface area (Å²) in [4.78, 5) is 0. The van der Waals surface area contributed by atoms with E-state index < -0.39 is 0 Å². The van der Waals surface area contributed by atoms with E-state index in [2.05, 4.69) is 53.8 Å². The topological polar surface area (TPSA) is 12.0 Å². The van der Waals surface area contributed by atoms with Gasteiger partial charge in [0.25, 0.3) is 0 Å². The first-order valence-electron chi connectivity index (χ1n) is 7.50. The second-order valence-corrected chi connectivity index (χ2v) is 6.06. The number of hydrogen-bond acceptors (Lipinski definition) is 1. The number of nitrogens with one attached hydrogen (secondary N) is 1. The van der Waals surface area contributed by atoms with Crippen LogP contribution in [0.25, 0.3) is 11.1 Å². The first-order valence-corrected chi connectivity index (χ1v) is 7.87. The van der Waals surface area contributed by atoms with Crippen molar-refractivity contribution in [3.63, 3.8) is 0 Å². The van der Waals surface area contributed by atoms with Gasteiger partial charge in [-0.2, -0.15) is 0 Å². The second kappa shape index (κ2) is 5.51. The molecule has 1 N–H and O–H groups in total. The van der Waals surface area contributed by atoms with Crippen LogP contribution in [-0.2, 0) is 13.0 Å². The SMILES string of the molecule is Clc1ccccc1CNc1ccc2c(c1)Cc1ccccc1-2. The van der Waals surface area contributed by atoms with E-state index in [0.29, 0.717) is 0 Å². The van der Waals surface area contributed by atoms with Crippen molar-refractivity contribution in [3.8, 4) is 11.1 Å². The Morgan fingerprint density at radius 3 is 2.50 bits per heavy atom. The number of rotatable bonds is 3. The molecule has 0 aromatic heterocycles. The van der Waals surface area contributed by atoms with E-state index in [9.17, 15) is 0 Å². The third-order valence-electron chi connectivity index (χ3n) is 4.23. The molecule has 0 bridgehead atoms. The molecule has 0 spiro atoms. The van der Waals surface area contributed by atoms with Crippen molar-refractivity contribution in [3.05, 3.63) is 88.4 Å². The van der Waals surface area contributed by atoms with Gasteiger partial charge in [-0.05, 0) is 52.4 Å². The summed E-state index contributed by atoms with van der Waals surface area (Å²) in [6.07, 6.45) is 1.02. The molecular formula is C20H16ClN. The molecule has 4 rings (SSSR count). The van der Waals surface area contributed by atoms with Gasteiger partial charge < -0.3 is 5.32 Å². The molecule has 0 heterocycles. The Morgan fingerprint density at radius 1 is 0.818 bits per heavy atom. The predicted octanol–water partition coefficient (Wildman–Crippen LogP) is 5.52. The summed E-state index contributed by atoms with van der Waals surface area (Å²) in [6, 6.07) is 23.2. The Kier molecular flexibility index (Phi) is 3.36. The van der Waals surface area contributed by atoms with Gasteiger partial charge in [-0.1, -0.05) is 60.1 Å². The van der Waals surface area contributed by atoms with Crippen LogP contribution in [-0.4, -0.2) is 0 Å². The van der Waals surface area contributed by atoms with Crippen molar-refractivity contribution in [2.75, 3.05) is 5.32 Å². The van der Waals surface area contributed by atoms with Gasteiger partial charge in [-0.25, -0.2) is 0 Å². The lowest BCUT2D eigenvalue weighted by molar-refractivity contribution is 1.14. The molecule has 2 heteroatoms. The average molecular weight is 306 g/mol. The highest BCUT2D eigenvalue weighted by Crippen LogP contribution is 2.37. The van der Waals surface area contributed by atoms with Gasteiger partial charge in [-0.15, -0.1) is 0 Å². The fraction of sp³-hybridized carbons (Fsp3) is 0.100. The van der Waals surface area contributed by atoms with Crippen molar-refractivity contribution in [2.24, 2.45) is 0 Å². The summed E-state index contributed by atoms with van der Waals surface area (Å²) in [6.45, 7) is 0.741. The quantitative estimate of drug-likeness (QED) is 0.525. The summed E-state index contributed by atoms with van der Waals surface area (Å²) in [5.41, 5.74) is 7.81. The zero-order valence-corrected chi connectivity index (χ0v) is 12.9. The molecule has 3 aromatic rings. The molecule has 0 aliphatic heterocycles. The average Bonchev–Trinajstić information content (AvgIpc) is 2.92. The number of anilines is 1. The van der Waals surface area contributed by atoms with Crippen LogP contribution < -0.4 is 5.32 Å². The molecule has 1 aliphatic carbocycles. The van der Waals surface area contributed by atoms with Gasteiger partial charge in [0.15, 0.2) is 0 Å². The van der Waals surface area contributed by atoms with E-state index in [4.69, 9.17) is 11.6 Å². The van der Waals surface area contributed by atoms with Crippen LogP contribution in [0, 0.1) is 0 Å². The maximum Gasteiger partial charge on any atom is 0.0455 e. The molecular weight excluding hydrogens is 290 g/mol. The van der Waals surface area contributed by atoms with Crippen molar-refractivity contribution < 1.29 is 0 Å². The van der Waals surface area contributed by atoms with Crippen LogP contribution >= 0.6 is 11.6 Å². The molecule has 0 unspecified atom stereocenters. The highest BCUT2D eigenvalue weighted by atomic mass is 35.5. The molecule has 0 atom stereocenters. The third kappa shape index (κ3) is 2.38. The Balaban J connectivity index is 1.56. The summed E-state index contributed by atoms with van der Waals surface area (Å²) >= 11 is 6.21. The Hall–Kier alpha value is -2.25. The number of benzene rings is 3.